The molecule has 3 unspecified atom stereocenters. The number of rotatable bonds is 6. The number of piperidine rings is 1. The van der Waals surface area contributed by atoms with E-state index in [1.807, 2.05) is 14.0 Å². The molecule has 1 aliphatic heterocycles. The van der Waals surface area contributed by atoms with Gasteiger partial charge >= 0.3 is 5.97 Å². The van der Waals surface area contributed by atoms with Gasteiger partial charge in [0.05, 0.1) is 13.0 Å². The van der Waals surface area contributed by atoms with Crippen LogP contribution in [0.2, 0.25) is 0 Å². The summed E-state index contributed by atoms with van der Waals surface area (Å²) in [6.07, 6.45) is 4.97. The Morgan fingerprint density at radius 3 is 2.78 bits per heavy atom. The van der Waals surface area contributed by atoms with Gasteiger partial charge in [-0.25, -0.2) is 0 Å². The highest BCUT2D eigenvalue weighted by atomic mass is 16.5. The maximum absolute atomic E-state index is 11.7. The van der Waals surface area contributed by atoms with Gasteiger partial charge in [0.15, 0.2) is 0 Å². The second kappa shape index (κ2) is 7.74. The van der Waals surface area contributed by atoms with E-state index in [2.05, 4.69) is 17.1 Å². The molecule has 106 valence electrons. The second-order valence-corrected chi connectivity index (χ2v) is 5.33. The first-order valence-electron chi connectivity index (χ1n) is 7.10. The highest BCUT2D eigenvalue weighted by Crippen LogP contribution is 2.25. The van der Waals surface area contributed by atoms with E-state index < -0.39 is 0 Å². The van der Waals surface area contributed by atoms with E-state index in [1.54, 1.807) is 0 Å². The number of hydrogen-bond acceptors (Lipinski definition) is 4. The van der Waals surface area contributed by atoms with Crippen molar-refractivity contribution in [1.82, 2.24) is 10.2 Å². The lowest BCUT2D eigenvalue weighted by Gasteiger charge is -2.41. The fourth-order valence-electron chi connectivity index (χ4n) is 2.85. The van der Waals surface area contributed by atoms with E-state index in [-0.39, 0.29) is 17.9 Å². The summed E-state index contributed by atoms with van der Waals surface area (Å²) in [6.45, 7) is 6.27. The molecule has 0 aromatic carbocycles. The average Bonchev–Trinajstić information content (AvgIpc) is 2.42. The van der Waals surface area contributed by atoms with Crippen molar-refractivity contribution in [3.63, 3.8) is 0 Å². The molecule has 0 aromatic heterocycles. The van der Waals surface area contributed by atoms with Crippen LogP contribution < -0.4 is 5.32 Å². The predicted octanol–water partition coefficient (Wildman–Crippen LogP) is 1.65. The number of ether oxygens (including phenoxy) is 1. The Hall–Kier alpha value is -0.610. The van der Waals surface area contributed by atoms with Gasteiger partial charge in [-0.2, -0.15) is 0 Å². The van der Waals surface area contributed by atoms with Crippen LogP contribution in [0.5, 0.6) is 0 Å². The van der Waals surface area contributed by atoms with Gasteiger partial charge in [-0.15, -0.1) is 0 Å². The summed E-state index contributed by atoms with van der Waals surface area (Å²) in [4.78, 5) is 14.2. The zero-order chi connectivity index (χ0) is 13.5. The van der Waals surface area contributed by atoms with Gasteiger partial charge in [-0.1, -0.05) is 13.3 Å². The molecular weight excluding hydrogens is 228 g/mol. The minimum Gasteiger partial charge on any atom is -0.469 e. The molecule has 0 spiro atoms. The fourth-order valence-corrected chi connectivity index (χ4v) is 2.85. The van der Waals surface area contributed by atoms with Crippen molar-refractivity contribution in [2.24, 2.45) is 5.92 Å². The van der Waals surface area contributed by atoms with Gasteiger partial charge in [-0.3, -0.25) is 9.69 Å². The Kier molecular flexibility index (Phi) is 6.65. The van der Waals surface area contributed by atoms with Crippen LogP contribution in [0.4, 0.5) is 0 Å². The quantitative estimate of drug-likeness (QED) is 0.734. The lowest BCUT2D eigenvalue weighted by atomic mass is 9.93. The van der Waals surface area contributed by atoms with E-state index in [0.717, 1.165) is 19.5 Å². The van der Waals surface area contributed by atoms with Crippen LogP contribution in [0.15, 0.2) is 0 Å². The summed E-state index contributed by atoms with van der Waals surface area (Å²) in [5.74, 6) is -0.148. The molecule has 0 radical (unpaired) electrons. The molecular formula is C14H28N2O2. The minimum atomic E-state index is -0.0968. The zero-order valence-corrected chi connectivity index (χ0v) is 12.2. The molecule has 4 nitrogen and oxygen atoms in total. The molecule has 0 bridgehead atoms. The molecule has 1 aliphatic rings. The molecule has 0 aromatic rings. The van der Waals surface area contributed by atoms with Crippen molar-refractivity contribution in [3.05, 3.63) is 0 Å². The van der Waals surface area contributed by atoms with E-state index in [1.165, 1.54) is 26.4 Å². The Balaban J connectivity index is 2.61. The molecule has 4 heteroatoms. The van der Waals surface area contributed by atoms with Crippen molar-refractivity contribution in [2.75, 3.05) is 27.2 Å². The standard InChI is InChI=1S/C14H28N2O2/c1-11(14(17)18-4)12(2)16-10-6-5-7-13(16)8-9-15-3/h11-13,15H,5-10H2,1-4H3. The third-order valence-corrected chi connectivity index (χ3v) is 4.22. The summed E-state index contributed by atoms with van der Waals surface area (Å²) >= 11 is 0. The van der Waals surface area contributed by atoms with Crippen LogP contribution >= 0.6 is 0 Å². The zero-order valence-electron chi connectivity index (χ0n) is 12.2. The summed E-state index contributed by atoms with van der Waals surface area (Å²) < 4.78 is 4.86. The monoisotopic (exact) mass is 256 g/mol. The highest BCUT2D eigenvalue weighted by molar-refractivity contribution is 5.72. The first-order chi connectivity index (χ1) is 8.61. The SMILES string of the molecule is CNCCC1CCCCN1C(C)C(C)C(=O)OC. The van der Waals surface area contributed by atoms with Crippen LogP contribution in [0, 0.1) is 5.92 Å². The Morgan fingerprint density at radius 1 is 1.44 bits per heavy atom. The molecule has 0 saturated carbocycles. The molecule has 1 fully saturated rings. The van der Waals surface area contributed by atoms with Crippen LogP contribution in [0.25, 0.3) is 0 Å². The third kappa shape index (κ3) is 3.95. The normalized spacial score (nSPS) is 24.6. The number of methoxy groups -OCH3 is 1. The molecule has 3 atom stereocenters. The Bertz CT molecular complexity index is 258. The highest BCUT2D eigenvalue weighted by Gasteiger charge is 2.32. The fraction of sp³-hybridized carbons (Fsp3) is 0.929. The van der Waals surface area contributed by atoms with Crippen molar-refractivity contribution < 1.29 is 9.53 Å². The van der Waals surface area contributed by atoms with Crippen molar-refractivity contribution in [2.45, 2.75) is 51.6 Å². The molecule has 1 heterocycles. The number of hydrogen-bond donors (Lipinski definition) is 1. The van der Waals surface area contributed by atoms with E-state index in [0.29, 0.717) is 6.04 Å². The Morgan fingerprint density at radius 2 is 2.17 bits per heavy atom. The number of carbonyl (C=O) groups excluding carboxylic acids is 1. The van der Waals surface area contributed by atoms with Crippen molar-refractivity contribution in [3.8, 4) is 0 Å². The topological polar surface area (TPSA) is 41.6 Å². The molecule has 1 N–H and O–H groups in total. The number of esters is 1. The molecule has 1 saturated heterocycles. The maximum atomic E-state index is 11.7. The van der Waals surface area contributed by atoms with Gasteiger partial charge in [0.25, 0.3) is 0 Å². The number of carbonyl (C=O) groups is 1. The third-order valence-electron chi connectivity index (χ3n) is 4.22. The summed E-state index contributed by atoms with van der Waals surface area (Å²) in [5.41, 5.74) is 0. The van der Waals surface area contributed by atoms with E-state index in [4.69, 9.17) is 4.74 Å². The summed E-state index contributed by atoms with van der Waals surface area (Å²) in [5, 5.41) is 3.22. The van der Waals surface area contributed by atoms with Gasteiger partial charge in [0.1, 0.15) is 0 Å². The number of nitrogens with zero attached hydrogens (tertiary/aromatic N) is 1. The van der Waals surface area contributed by atoms with Crippen LogP contribution in [-0.2, 0) is 9.53 Å². The first-order valence-corrected chi connectivity index (χ1v) is 7.10. The maximum Gasteiger partial charge on any atom is 0.309 e. The smallest absolute Gasteiger partial charge is 0.309 e. The van der Waals surface area contributed by atoms with Gasteiger partial charge in [0, 0.05) is 12.1 Å². The summed E-state index contributed by atoms with van der Waals surface area (Å²) in [6, 6.07) is 0.868. The average molecular weight is 256 g/mol. The summed E-state index contributed by atoms with van der Waals surface area (Å²) in [7, 11) is 3.47. The van der Waals surface area contributed by atoms with Crippen LogP contribution in [0.3, 0.4) is 0 Å². The van der Waals surface area contributed by atoms with Crippen molar-refractivity contribution >= 4 is 5.97 Å². The number of likely N-dealkylation sites (tertiary alicyclic amines) is 1. The van der Waals surface area contributed by atoms with Gasteiger partial charge in [0.2, 0.25) is 0 Å². The largest absolute Gasteiger partial charge is 0.469 e. The Labute approximate surface area is 111 Å². The van der Waals surface area contributed by atoms with Crippen LogP contribution in [0.1, 0.15) is 39.5 Å². The molecule has 0 aliphatic carbocycles. The molecule has 18 heavy (non-hydrogen) atoms. The first kappa shape index (κ1) is 15.4. The minimum absolute atomic E-state index is 0.0508. The lowest BCUT2D eigenvalue weighted by Crippen LogP contribution is -2.49. The van der Waals surface area contributed by atoms with Crippen molar-refractivity contribution in [1.29, 1.82) is 0 Å². The predicted molar refractivity (Wildman–Crippen MR) is 73.5 cm³/mol. The van der Waals surface area contributed by atoms with Crippen LogP contribution in [-0.4, -0.2) is 50.2 Å². The van der Waals surface area contributed by atoms with E-state index in [9.17, 15) is 4.79 Å². The molecule has 1 rings (SSSR count). The second-order valence-electron chi connectivity index (χ2n) is 5.33. The van der Waals surface area contributed by atoms with E-state index >= 15 is 0 Å². The van der Waals surface area contributed by atoms with Gasteiger partial charge in [-0.05, 0) is 46.3 Å². The lowest BCUT2D eigenvalue weighted by molar-refractivity contribution is -0.147. The van der Waals surface area contributed by atoms with Gasteiger partial charge < -0.3 is 10.1 Å². The number of nitrogens with one attached hydrogen (secondary N) is 1. The molecule has 0 amide bonds.